The summed E-state index contributed by atoms with van der Waals surface area (Å²) in [7, 11) is 3.04. The Morgan fingerprint density at radius 2 is 1.63 bits per heavy atom. The molecule has 0 bridgehead atoms. The lowest BCUT2D eigenvalue weighted by atomic mass is 10.1. The molecule has 1 aromatic carbocycles. The minimum atomic E-state index is -0.366. The second kappa shape index (κ2) is 7.90. The number of methoxy groups -OCH3 is 2. The zero-order chi connectivity index (χ0) is 19.4. The van der Waals surface area contributed by atoms with Gasteiger partial charge in [-0.05, 0) is 24.3 Å². The van der Waals surface area contributed by atoms with Gasteiger partial charge < -0.3 is 19.3 Å². The molecule has 0 saturated carbocycles. The van der Waals surface area contributed by atoms with Gasteiger partial charge >= 0.3 is 0 Å². The van der Waals surface area contributed by atoms with Crippen LogP contribution in [0.4, 0.5) is 0 Å². The van der Waals surface area contributed by atoms with E-state index in [2.05, 4.69) is 10.2 Å². The van der Waals surface area contributed by atoms with Gasteiger partial charge in [-0.25, -0.2) is 5.10 Å². The molecule has 1 aliphatic rings. The SMILES string of the molecule is COc1ccc(OC)c(C(=O)N2CCN(C(=O)c3ccc(=O)[nH]n3)CC2)c1. The lowest BCUT2D eigenvalue weighted by molar-refractivity contribution is 0.0529. The van der Waals surface area contributed by atoms with Gasteiger partial charge in [0.1, 0.15) is 17.2 Å². The third-order valence-electron chi connectivity index (χ3n) is 4.39. The summed E-state index contributed by atoms with van der Waals surface area (Å²) in [6.07, 6.45) is 0. The van der Waals surface area contributed by atoms with Gasteiger partial charge in [0, 0.05) is 32.2 Å². The number of nitrogens with one attached hydrogen (secondary N) is 1. The van der Waals surface area contributed by atoms with E-state index in [1.165, 1.54) is 26.4 Å². The zero-order valence-electron chi connectivity index (χ0n) is 15.1. The Balaban J connectivity index is 1.68. The molecule has 2 amide bonds. The molecular weight excluding hydrogens is 352 g/mol. The first-order valence-corrected chi connectivity index (χ1v) is 8.40. The van der Waals surface area contributed by atoms with E-state index < -0.39 is 0 Å². The average molecular weight is 372 g/mol. The van der Waals surface area contributed by atoms with Gasteiger partial charge in [-0.3, -0.25) is 14.4 Å². The van der Waals surface area contributed by atoms with Crippen molar-refractivity contribution in [3.8, 4) is 11.5 Å². The molecule has 1 N–H and O–H groups in total. The number of carbonyl (C=O) groups is 2. The van der Waals surface area contributed by atoms with Crippen LogP contribution in [-0.2, 0) is 0 Å². The van der Waals surface area contributed by atoms with Crippen LogP contribution in [0, 0.1) is 0 Å². The third kappa shape index (κ3) is 3.91. The molecule has 1 aliphatic heterocycles. The van der Waals surface area contributed by atoms with E-state index in [4.69, 9.17) is 9.47 Å². The molecule has 0 unspecified atom stereocenters. The summed E-state index contributed by atoms with van der Waals surface area (Å²) in [5.41, 5.74) is 0.219. The normalized spacial score (nSPS) is 14.0. The van der Waals surface area contributed by atoms with Crippen LogP contribution in [0.3, 0.4) is 0 Å². The van der Waals surface area contributed by atoms with Crippen molar-refractivity contribution in [2.45, 2.75) is 0 Å². The summed E-state index contributed by atoms with van der Waals surface area (Å²) in [6.45, 7) is 1.51. The maximum absolute atomic E-state index is 12.9. The number of hydrogen-bond donors (Lipinski definition) is 1. The molecule has 1 fully saturated rings. The number of carbonyl (C=O) groups excluding carboxylic acids is 2. The Hall–Kier alpha value is -3.36. The Bertz CT molecular complexity index is 882. The van der Waals surface area contributed by atoms with E-state index in [-0.39, 0.29) is 23.1 Å². The Labute approximate surface area is 155 Å². The molecule has 1 aromatic heterocycles. The molecule has 2 aromatic rings. The number of H-pyrrole nitrogens is 1. The van der Waals surface area contributed by atoms with Crippen LogP contribution in [0.25, 0.3) is 0 Å². The summed E-state index contributed by atoms with van der Waals surface area (Å²) >= 11 is 0. The first-order chi connectivity index (χ1) is 13.0. The number of piperazine rings is 1. The first kappa shape index (κ1) is 18.4. The van der Waals surface area contributed by atoms with Crippen molar-refractivity contribution in [1.82, 2.24) is 20.0 Å². The standard InChI is InChI=1S/C18H20N4O5/c1-26-12-3-5-15(27-2)13(11-12)17(24)21-7-9-22(10-8-21)18(25)14-4-6-16(23)20-19-14/h3-6,11H,7-10H2,1-2H3,(H,20,23). The average Bonchev–Trinajstić information content (AvgIpc) is 2.73. The first-order valence-electron chi connectivity index (χ1n) is 8.40. The Kier molecular flexibility index (Phi) is 5.39. The van der Waals surface area contributed by atoms with E-state index in [1.54, 1.807) is 28.0 Å². The number of amides is 2. The van der Waals surface area contributed by atoms with Crippen LogP contribution in [-0.4, -0.2) is 72.2 Å². The van der Waals surface area contributed by atoms with Crippen LogP contribution in [0.1, 0.15) is 20.8 Å². The number of aromatic nitrogens is 2. The van der Waals surface area contributed by atoms with Crippen molar-refractivity contribution in [2.24, 2.45) is 0 Å². The van der Waals surface area contributed by atoms with Crippen LogP contribution in [0.2, 0.25) is 0 Å². The second-order valence-electron chi connectivity index (χ2n) is 5.96. The maximum atomic E-state index is 12.9. The van der Waals surface area contributed by atoms with Crippen molar-refractivity contribution in [3.63, 3.8) is 0 Å². The van der Waals surface area contributed by atoms with Crippen molar-refractivity contribution in [2.75, 3.05) is 40.4 Å². The molecule has 0 radical (unpaired) electrons. The fourth-order valence-corrected chi connectivity index (χ4v) is 2.89. The van der Waals surface area contributed by atoms with Gasteiger partial charge in [0.25, 0.3) is 17.4 Å². The summed E-state index contributed by atoms with van der Waals surface area (Å²) in [6, 6.07) is 7.70. The fraction of sp³-hybridized carbons (Fsp3) is 0.333. The smallest absolute Gasteiger partial charge is 0.274 e. The van der Waals surface area contributed by atoms with Gasteiger partial charge in [-0.2, -0.15) is 5.10 Å². The summed E-state index contributed by atoms with van der Waals surface area (Å²) in [5, 5.41) is 6.01. The molecule has 3 rings (SSSR count). The monoisotopic (exact) mass is 372 g/mol. The van der Waals surface area contributed by atoms with Crippen LogP contribution < -0.4 is 15.0 Å². The number of nitrogens with zero attached hydrogens (tertiary/aromatic N) is 3. The van der Waals surface area contributed by atoms with E-state index >= 15 is 0 Å². The molecular formula is C18H20N4O5. The lowest BCUT2D eigenvalue weighted by Crippen LogP contribution is -2.50. The largest absolute Gasteiger partial charge is 0.497 e. The van der Waals surface area contributed by atoms with Gasteiger partial charge in [-0.1, -0.05) is 0 Å². The zero-order valence-corrected chi connectivity index (χ0v) is 15.1. The molecule has 1 saturated heterocycles. The van der Waals surface area contributed by atoms with Crippen LogP contribution in [0.5, 0.6) is 11.5 Å². The van der Waals surface area contributed by atoms with Crippen molar-refractivity contribution >= 4 is 11.8 Å². The van der Waals surface area contributed by atoms with E-state index in [0.29, 0.717) is 43.2 Å². The molecule has 0 atom stereocenters. The fourth-order valence-electron chi connectivity index (χ4n) is 2.89. The Morgan fingerprint density at radius 3 is 2.19 bits per heavy atom. The third-order valence-corrected chi connectivity index (χ3v) is 4.39. The summed E-state index contributed by atoms with van der Waals surface area (Å²) in [5.74, 6) is 0.575. The van der Waals surface area contributed by atoms with Crippen molar-refractivity contribution < 1.29 is 19.1 Å². The minimum Gasteiger partial charge on any atom is -0.497 e. The topological polar surface area (TPSA) is 105 Å². The number of benzene rings is 1. The molecule has 9 nitrogen and oxygen atoms in total. The van der Waals surface area contributed by atoms with Crippen molar-refractivity contribution in [1.29, 1.82) is 0 Å². The van der Waals surface area contributed by atoms with E-state index in [9.17, 15) is 14.4 Å². The van der Waals surface area contributed by atoms with Crippen molar-refractivity contribution in [3.05, 3.63) is 51.9 Å². The molecule has 0 spiro atoms. The number of aromatic amines is 1. The predicted octanol–water partition coefficient (Wildman–Crippen LogP) is 0.385. The van der Waals surface area contributed by atoms with Gasteiger partial charge in [-0.15, -0.1) is 0 Å². The number of hydrogen-bond acceptors (Lipinski definition) is 6. The number of rotatable bonds is 4. The number of ether oxygens (including phenoxy) is 2. The quantitative estimate of drug-likeness (QED) is 0.832. The highest BCUT2D eigenvalue weighted by molar-refractivity contribution is 5.98. The summed E-state index contributed by atoms with van der Waals surface area (Å²) < 4.78 is 10.5. The summed E-state index contributed by atoms with van der Waals surface area (Å²) in [4.78, 5) is 39.6. The minimum absolute atomic E-state index is 0.170. The highest BCUT2D eigenvalue weighted by Crippen LogP contribution is 2.25. The Morgan fingerprint density at radius 1 is 0.963 bits per heavy atom. The van der Waals surface area contributed by atoms with E-state index in [1.807, 2.05) is 0 Å². The predicted molar refractivity (Wildman–Crippen MR) is 96.2 cm³/mol. The highest BCUT2D eigenvalue weighted by atomic mass is 16.5. The van der Waals surface area contributed by atoms with Crippen LogP contribution >= 0.6 is 0 Å². The second-order valence-corrected chi connectivity index (χ2v) is 5.96. The molecule has 2 heterocycles. The van der Waals surface area contributed by atoms with E-state index in [0.717, 1.165) is 0 Å². The highest BCUT2D eigenvalue weighted by Gasteiger charge is 2.27. The molecule has 142 valence electrons. The molecule has 0 aliphatic carbocycles. The van der Waals surface area contributed by atoms with Gasteiger partial charge in [0.05, 0.1) is 19.8 Å². The molecule has 27 heavy (non-hydrogen) atoms. The molecule has 9 heteroatoms. The maximum Gasteiger partial charge on any atom is 0.274 e. The lowest BCUT2D eigenvalue weighted by Gasteiger charge is -2.34. The van der Waals surface area contributed by atoms with Gasteiger partial charge in [0.15, 0.2) is 0 Å². The van der Waals surface area contributed by atoms with Crippen LogP contribution in [0.15, 0.2) is 35.1 Å². The van der Waals surface area contributed by atoms with Gasteiger partial charge in [0.2, 0.25) is 0 Å².